The highest BCUT2D eigenvalue weighted by Crippen LogP contribution is 2.32. The van der Waals surface area contributed by atoms with E-state index in [0.29, 0.717) is 22.7 Å². The summed E-state index contributed by atoms with van der Waals surface area (Å²) >= 11 is 0. The molecule has 2 amide bonds. The van der Waals surface area contributed by atoms with Crippen molar-refractivity contribution in [1.82, 2.24) is 5.32 Å². The summed E-state index contributed by atoms with van der Waals surface area (Å²) in [4.78, 5) is 26.0. The van der Waals surface area contributed by atoms with Gasteiger partial charge >= 0.3 is 0 Å². The number of carbonyl (C=O) groups is 2. The maximum atomic E-state index is 13.0. The van der Waals surface area contributed by atoms with Gasteiger partial charge in [-0.25, -0.2) is 4.39 Å². The third kappa shape index (κ3) is 5.42. The van der Waals surface area contributed by atoms with Crippen LogP contribution in [0.15, 0.2) is 78.9 Å². The Morgan fingerprint density at radius 1 is 0.931 bits per heavy atom. The van der Waals surface area contributed by atoms with Crippen LogP contribution in [0.3, 0.4) is 0 Å². The Hall–Kier alpha value is -3.67. The van der Waals surface area contributed by atoms with Crippen LogP contribution in [-0.2, 0) is 4.79 Å². The molecule has 148 valence electrons. The van der Waals surface area contributed by atoms with E-state index in [-0.39, 0.29) is 24.9 Å². The zero-order valence-electron chi connectivity index (χ0n) is 16.0. The van der Waals surface area contributed by atoms with E-state index in [4.69, 9.17) is 4.74 Å². The largest absolute Gasteiger partial charge is 0.455 e. The van der Waals surface area contributed by atoms with Gasteiger partial charge < -0.3 is 15.0 Å². The second-order valence-electron chi connectivity index (χ2n) is 6.32. The van der Waals surface area contributed by atoms with Crippen molar-refractivity contribution >= 4 is 17.5 Å². The number of amides is 2. The molecule has 0 saturated heterocycles. The molecule has 0 heterocycles. The average Bonchev–Trinajstić information content (AvgIpc) is 2.73. The first-order valence-electron chi connectivity index (χ1n) is 9.18. The van der Waals surface area contributed by atoms with Gasteiger partial charge in [0.05, 0.1) is 5.69 Å². The van der Waals surface area contributed by atoms with Crippen molar-refractivity contribution in [1.29, 1.82) is 0 Å². The van der Waals surface area contributed by atoms with Gasteiger partial charge in [0.2, 0.25) is 5.91 Å². The number of carbonyl (C=O) groups excluding carboxylic acids is 2. The standard InChI is InChI=1S/C23H21FN2O3/c1-17(27)26(16-15-25-23(28)18-11-13-19(24)14-12-18)21-9-5-6-10-22(21)29-20-7-3-2-4-8-20/h2-14H,15-16H2,1H3,(H,25,28). The number of anilines is 1. The summed E-state index contributed by atoms with van der Waals surface area (Å²) in [5, 5.41) is 2.75. The highest BCUT2D eigenvalue weighted by molar-refractivity contribution is 5.95. The second-order valence-corrected chi connectivity index (χ2v) is 6.32. The smallest absolute Gasteiger partial charge is 0.251 e. The van der Waals surface area contributed by atoms with E-state index < -0.39 is 5.82 Å². The molecular weight excluding hydrogens is 371 g/mol. The summed E-state index contributed by atoms with van der Waals surface area (Å²) in [5.74, 6) is 0.290. The Morgan fingerprint density at radius 2 is 1.59 bits per heavy atom. The van der Waals surface area contributed by atoms with Crippen LogP contribution >= 0.6 is 0 Å². The number of ether oxygens (including phenoxy) is 1. The van der Waals surface area contributed by atoms with Crippen molar-refractivity contribution in [2.75, 3.05) is 18.0 Å². The SMILES string of the molecule is CC(=O)N(CCNC(=O)c1ccc(F)cc1)c1ccccc1Oc1ccccc1. The van der Waals surface area contributed by atoms with Crippen LogP contribution in [-0.4, -0.2) is 24.9 Å². The number of para-hydroxylation sites is 3. The van der Waals surface area contributed by atoms with Gasteiger partial charge in [0.25, 0.3) is 5.91 Å². The fourth-order valence-electron chi connectivity index (χ4n) is 2.81. The van der Waals surface area contributed by atoms with Crippen LogP contribution in [0.4, 0.5) is 10.1 Å². The normalized spacial score (nSPS) is 10.3. The number of nitrogens with zero attached hydrogens (tertiary/aromatic N) is 1. The molecule has 0 unspecified atom stereocenters. The van der Waals surface area contributed by atoms with E-state index in [9.17, 15) is 14.0 Å². The fraction of sp³-hybridized carbons (Fsp3) is 0.130. The fourth-order valence-corrected chi connectivity index (χ4v) is 2.81. The third-order valence-electron chi connectivity index (χ3n) is 4.23. The topological polar surface area (TPSA) is 58.6 Å². The van der Waals surface area contributed by atoms with Crippen molar-refractivity contribution in [2.45, 2.75) is 6.92 Å². The lowest BCUT2D eigenvalue weighted by Crippen LogP contribution is -2.37. The first-order valence-corrected chi connectivity index (χ1v) is 9.18. The van der Waals surface area contributed by atoms with Crippen LogP contribution in [0.5, 0.6) is 11.5 Å². The number of nitrogens with one attached hydrogen (secondary N) is 1. The molecule has 0 radical (unpaired) electrons. The minimum atomic E-state index is -0.403. The van der Waals surface area contributed by atoms with Crippen LogP contribution < -0.4 is 15.0 Å². The monoisotopic (exact) mass is 392 g/mol. The van der Waals surface area contributed by atoms with Gasteiger partial charge in [-0.15, -0.1) is 0 Å². The molecule has 0 fully saturated rings. The molecule has 0 aromatic heterocycles. The molecule has 0 bridgehead atoms. The van der Waals surface area contributed by atoms with Gasteiger partial charge in [-0.3, -0.25) is 9.59 Å². The van der Waals surface area contributed by atoms with E-state index in [1.54, 1.807) is 17.0 Å². The van der Waals surface area contributed by atoms with E-state index in [0.717, 1.165) is 0 Å². The first kappa shape index (κ1) is 20.1. The van der Waals surface area contributed by atoms with Crippen LogP contribution in [0, 0.1) is 5.82 Å². The molecule has 0 saturated carbocycles. The van der Waals surface area contributed by atoms with Crippen molar-refractivity contribution < 1.29 is 18.7 Å². The van der Waals surface area contributed by atoms with Crippen LogP contribution in [0.1, 0.15) is 17.3 Å². The molecular formula is C23H21FN2O3. The molecule has 0 aliphatic carbocycles. The molecule has 3 aromatic carbocycles. The van der Waals surface area contributed by atoms with Gasteiger partial charge in [-0.2, -0.15) is 0 Å². The van der Waals surface area contributed by atoms with Crippen LogP contribution in [0.25, 0.3) is 0 Å². The molecule has 6 heteroatoms. The van der Waals surface area contributed by atoms with E-state index in [2.05, 4.69) is 5.32 Å². The van der Waals surface area contributed by atoms with Crippen LogP contribution in [0.2, 0.25) is 0 Å². The third-order valence-corrected chi connectivity index (χ3v) is 4.23. The van der Waals surface area contributed by atoms with Gasteiger partial charge in [-0.1, -0.05) is 30.3 Å². The van der Waals surface area contributed by atoms with Crippen molar-refractivity contribution in [3.8, 4) is 11.5 Å². The number of hydrogen-bond acceptors (Lipinski definition) is 3. The number of benzene rings is 3. The van der Waals surface area contributed by atoms with Gasteiger partial charge in [0, 0.05) is 25.6 Å². The molecule has 3 rings (SSSR count). The first-order chi connectivity index (χ1) is 14.0. The summed E-state index contributed by atoms with van der Waals surface area (Å²) in [7, 11) is 0. The average molecular weight is 392 g/mol. The Bertz CT molecular complexity index is 975. The highest BCUT2D eigenvalue weighted by atomic mass is 19.1. The van der Waals surface area contributed by atoms with E-state index in [1.807, 2.05) is 42.5 Å². The molecule has 5 nitrogen and oxygen atoms in total. The number of rotatable bonds is 7. The quantitative estimate of drug-likeness (QED) is 0.648. The lowest BCUT2D eigenvalue weighted by atomic mass is 10.2. The zero-order valence-corrected chi connectivity index (χ0v) is 16.0. The Labute approximate surface area is 168 Å². The molecule has 0 atom stereocenters. The predicted molar refractivity (Wildman–Crippen MR) is 110 cm³/mol. The zero-order chi connectivity index (χ0) is 20.6. The molecule has 0 spiro atoms. The summed E-state index contributed by atoms with van der Waals surface area (Å²) in [5.41, 5.74) is 0.966. The van der Waals surface area contributed by atoms with Crippen molar-refractivity contribution in [2.24, 2.45) is 0 Å². The minimum absolute atomic E-state index is 0.176. The highest BCUT2D eigenvalue weighted by Gasteiger charge is 2.17. The number of hydrogen-bond donors (Lipinski definition) is 1. The van der Waals surface area contributed by atoms with Gasteiger partial charge in [-0.05, 0) is 48.5 Å². The van der Waals surface area contributed by atoms with Gasteiger partial charge in [0.15, 0.2) is 5.75 Å². The molecule has 3 aromatic rings. The summed E-state index contributed by atoms with van der Waals surface area (Å²) in [6.45, 7) is 1.95. The molecule has 1 N–H and O–H groups in total. The molecule has 0 aliphatic heterocycles. The van der Waals surface area contributed by atoms with E-state index >= 15 is 0 Å². The van der Waals surface area contributed by atoms with Crippen molar-refractivity contribution in [3.63, 3.8) is 0 Å². The number of halogens is 1. The molecule has 29 heavy (non-hydrogen) atoms. The summed E-state index contributed by atoms with van der Waals surface area (Å²) < 4.78 is 18.9. The summed E-state index contributed by atoms with van der Waals surface area (Å²) in [6, 6.07) is 21.8. The Morgan fingerprint density at radius 3 is 2.28 bits per heavy atom. The van der Waals surface area contributed by atoms with E-state index in [1.165, 1.54) is 31.2 Å². The van der Waals surface area contributed by atoms with Crippen molar-refractivity contribution in [3.05, 3.63) is 90.2 Å². The lowest BCUT2D eigenvalue weighted by Gasteiger charge is -2.24. The Kier molecular flexibility index (Phi) is 6.58. The predicted octanol–water partition coefficient (Wildman–Crippen LogP) is 4.40. The Balaban J connectivity index is 1.69. The lowest BCUT2D eigenvalue weighted by molar-refractivity contribution is -0.116. The van der Waals surface area contributed by atoms with Gasteiger partial charge in [0.1, 0.15) is 11.6 Å². The minimum Gasteiger partial charge on any atom is -0.455 e. The maximum absolute atomic E-state index is 13.0. The maximum Gasteiger partial charge on any atom is 0.251 e. The molecule has 0 aliphatic rings. The second kappa shape index (κ2) is 9.50. The summed E-state index contributed by atoms with van der Waals surface area (Å²) in [6.07, 6.45) is 0.